The number of likely N-dealkylation sites (tertiary alicyclic amines) is 1. The SMILES string of the molecule is Cc1cc(C)c(NC(=O)C(C)Sc2nnc(CN3CCCCC3)n2-c2ccc(F)cc2)c(C)c1. The zero-order valence-electron chi connectivity index (χ0n) is 20.3. The molecule has 0 radical (unpaired) electrons. The maximum absolute atomic E-state index is 13.6. The van der Waals surface area contributed by atoms with Crippen LogP contribution >= 0.6 is 11.8 Å². The standard InChI is InChI=1S/C26H32FN5OS/c1-17-14-18(2)24(19(3)15-17)28-25(33)20(4)34-26-30-29-23(16-31-12-6-5-7-13-31)32(26)22-10-8-21(27)9-11-22/h8-11,14-15,20H,5-7,12-13,16H2,1-4H3,(H,28,33). The van der Waals surface area contributed by atoms with Crippen molar-refractivity contribution < 1.29 is 9.18 Å². The van der Waals surface area contributed by atoms with E-state index >= 15 is 0 Å². The molecule has 6 nitrogen and oxygen atoms in total. The van der Waals surface area contributed by atoms with Gasteiger partial charge in [0.15, 0.2) is 11.0 Å². The van der Waals surface area contributed by atoms with Gasteiger partial charge in [-0.3, -0.25) is 14.3 Å². The number of anilines is 1. The van der Waals surface area contributed by atoms with Gasteiger partial charge in [0.1, 0.15) is 5.82 Å². The highest BCUT2D eigenvalue weighted by molar-refractivity contribution is 8.00. The van der Waals surface area contributed by atoms with Gasteiger partial charge in [0, 0.05) is 11.4 Å². The number of halogens is 1. The Balaban J connectivity index is 1.56. The van der Waals surface area contributed by atoms with Crippen LogP contribution in [-0.2, 0) is 11.3 Å². The number of rotatable bonds is 7. The zero-order valence-corrected chi connectivity index (χ0v) is 21.1. The van der Waals surface area contributed by atoms with E-state index in [-0.39, 0.29) is 11.7 Å². The van der Waals surface area contributed by atoms with Crippen molar-refractivity contribution in [1.29, 1.82) is 0 Å². The number of hydrogen-bond donors (Lipinski definition) is 1. The Morgan fingerprint density at radius 2 is 1.71 bits per heavy atom. The molecule has 0 bridgehead atoms. The summed E-state index contributed by atoms with van der Waals surface area (Å²) in [5.41, 5.74) is 4.90. The average Bonchev–Trinajstić information content (AvgIpc) is 3.19. The van der Waals surface area contributed by atoms with E-state index in [9.17, 15) is 9.18 Å². The summed E-state index contributed by atoms with van der Waals surface area (Å²) >= 11 is 1.36. The molecule has 2 aromatic carbocycles. The third-order valence-electron chi connectivity index (χ3n) is 6.18. The average molecular weight is 482 g/mol. The number of thioether (sulfide) groups is 1. The van der Waals surface area contributed by atoms with E-state index in [0.29, 0.717) is 11.7 Å². The number of aromatic nitrogens is 3. The quantitative estimate of drug-likeness (QED) is 0.456. The molecule has 1 saturated heterocycles. The van der Waals surface area contributed by atoms with Crippen LogP contribution in [0.2, 0.25) is 0 Å². The minimum atomic E-state index is -0.397. The molecule has 4 rings (SSSR count). The number of carbonyl (C=O) groups is 1. The number of benzene rings is 2. The van der Waals surface area contributed by atoms with Crippen LogP contribution in [0, 0.1) is 26.6 Å². The maximum atomic E-state index is 13.6. The molecule has 1 unspecified atom stereocenters. The lowest BCUT2D eigenvalue weighted by atomic mass is 10.1. The van der Waals surface area contributed by atoms with Crippen LogP contribution in [0.1, 0.15) is 48.7 Å². The molecular weight excluding hydrogens is 449 g/mol. The van der Waals surface area contributed by atoms with Crippen molar-refractivity contribution in [2.45, 2.75) is 63.9 Å². The molecule has 2 heterocycles. The van der Waals surface area contributed by atoms with Crippen molar-refractivity contribution in [2.75, 3.05) is 18.4 Å². The summed E-state index contributed by atoms with van der Waals surface area (Å²) in [6, 6.07) is 10.5. The smallest absolute Gasteiger partial charge is 0.237 e. The van der Waals surface area contributed by atoms with Crippen molar-refractivity contribution in [1.82, 2.24) is 19.7 Å². The number of hydrogen-bond acceptors (Lipinski definition) is 5. The first-order valence-corrected chi connectivity index (χ1v) is 12.7. The first-order valence-electron chi connectivity index (χ1n) is 11.8. The molecule has 3 aromatic rings. The van der Waals surface area contributed by atoms with Gasteiger partial charge in [-0.2, -0.15) is 0 Å². The third kappa shape index (κ3) is 5.67. The number of amides is 1. The lowest BCUT2D eigenvalue weighted by molar-refractivity contribution is -0.115. The Morgan fingerprint density at radius 1 is 1.06 bits per heavy atom. The summed E-state index contributed by atoms with van der Waals surface area (Å²) in [5, 5.41) is 12.2. The topological polar surface area (TPSA) is 63.1 Å². The van der Waals surface area contributed by atoms with Gasteiger partial charge in [0.2, 0.25) is 5.91 Å². The fourth-order valence-corrected chi connectivity index (χ4v) is 5.35. The van der Waals surface area contributed by atoms with E-state index < -0.39 is 5.25 Å². The predicted octanol–water partition coefficient (Wildman–Crippen LogP) is 5.44. The van der Waals surface area contributed by atoms with E-state index in [1.165, 1.54) is 48.7 Å². The van der Waals surface area contributed by atoms with Crippen LogP contribution in [0.25, 0.3) is 5.69 Å². The van der Waals surface area contributed by atoms with Gasteiger partial charge in [-0.05, 0) is 89.0 Å². The van der Waals surface area contributed by atoms with Crippen molar-refractivity contribution in [3.05, 3.63) is 64.7 Å². The summed E-state index contributed by atoms with van der Waals surface area (Å²) in [7, 11) is 0. The van der Waals surface area contributed by atoms with E-state index in [1.54, 1.807) is 12.1 Å². The van der Waals surface area contributed by atoms with E-state index in [1.807, 2.05) is 32.3 Å². The number of nitrogens with zero attached hydrogens (tertiary/aromatic N) is 4. The molecule has 1 amide bonds. The lowest BCUT2D eigenvalue weighted by Gasteiger charge is -2.26. The highest BCUT2D eigenvalue weighted by Gasteiger charge is 2.23. The fraction of sp³-hybridized carbons (Fsp3) is 0.423. The number of aryl methyl sites for hydroxylation is 3. The second-order valence-corrected chi connectivity index (χ2v) is 10.4. The van der Waals surface area contributed by atoms with Gasteiger partial charge in [-0.25, -0.2) is 4.39 Å². The van der Waals surface area contributed by atoms with Gasteiger partial charge >= 0.3 is 0 Å². The second-order valence-electron chi connectivity index (χ2n) is 9.07. The summed E-state index contributed by atoms with van der Waals surface area (Å²) in [6.45, 7) is 10.7. The molecule has 180 valence electrons. The summed E-state index contributed by atoms with van der Waals surface area (Å²) < 4.78 is 15.6. The van der Waals surface area contributed by atoms with E-state index in [4.69, 9.17) is 0 Å². The van der Waals surface area contributed by atoms with Crippen LogP contribution in [-0.4, -0.2) is 43.9 Å². The molecule has 0 saturated carbocycles. The molecule has 0 spiro atoms. The maximum Gasteiger partial charge on any atom is 0.237 e. The Kier molecular flexibility index (Phi) is 7.68. The minimum absolute atomic E-state index is 0.0914. The van der Waals surface area contributed by atoms with Crippen LogP contribution in [0.4, 0.5) is 10.1 Å². The lowest BCUT2D eigenvalue weighted by Crippen LogP contribution is -2.30. The summed E-state index contributed by atoms with van der Waals surface area (Å²) in [6.07, 6.45) is 3.62. The predicted molar refractivity (Wildman–Crippen MR) is 135 cm³/mol. The van der Waals surface area contributed by atoms with Crippen molar-refractivity contribution in [3.8, 4) is 5.69 Å². The zero-order chi connectivity index (χ0) is 24.2. The molecule has 1 atom stereocenters. The Morgan fingerprint density at radius 3 is 2.35 bits per heavy atom. The van der Waals surface area contributed by atoms with Gasteiger partial charge in [-0.1, -0.05) is 35.9 Å². The molecule has 0 aliphatic carbocycles. The highest BCUT2D eigenvalue weighted by atomic mass is 32.2. The summed E-state index contributed by atoms with van der Waals surface area (Å²) in [4.78, 5) is 15.5. The Labute approximate surface area is 205 Å². The molecule has 1 aromatic heterocycles. The first kappa shape index (κ1) is 24.4. The number of carbonyl (C=O) groups excluding carboxylic acids is 1. The normalized spacial score (nSPS) is 15.3. The first-order chi connectivity index (χ1) is 16.3. The van der Waals surface area contributed by atoms with Gasteiger partial charge < -0.3 is 5.32 Å². The van der Waals surface area contributed by atoms with Crippen molar-refractivity contribution in [3.63, 3.8) is 0 Å². The minimum Gasteiger partial charge on any atom is -0.325 e. The van der Waals surface area contributed by atoms with Crippen LogP contribution in [0.3, 0.4) is 0 Å². The Hall–Kier alpha value is -2.71. The molecular formula is C26H32FN5OS. The third-order valence-corrected chi connectivity index (χ3v) is 7.22. The monoisotopic (exact) mass is 481 g/mol. The largest absolute Gasteiger partial charge is 0.325 e. The van der Waals surface area contributed by atoms with Gasteiger partial charge in [0.25, 0.3) is 0 Å². The van der Waals surface area contributed by atoms with E-state index in [0.717, 1.165) is 41.4 Å². The number of nitrogens with one attached hydrogen (secondary N) is 1. The second kappa shape index (κ2) is 10.7. The van der Waals surface area contributed by atoms with E-state index in [2.05, 4.69) is 32.5 Å². The molecule has 1 aliphatic rings. The molecule has 1 fully saturated rings. The van der Waals surface area contributed by atoms with Gasteiger partial charge in [0.05, 0.1) is 11.8 Å². The van der Waals surface area contributed by atoms with Crippen molar-refractivity contribution >= 4 is 23.4 Å². The van der Waals surface area contributed by atoms with Crippen LogP contribution in [0.5, 0.6) is 0 Å². The molecule has 34 heavy (non-hydrogen) atoms. The van der Waals surface area contributed by atoms with Crippen LogP contribution in [0.15, 0.2) is 41.6 Å². The Bertz CT molecular complexity index is 1130. The molecule has 1 aliphatic heterocycles. The highest BCUT2D eigenvalue weighted by Crippen LogP contribution is 2.29. The van der Waals surface area contributed by atoms with Crippen LogP contribution < -0.4 is 5.32 Å². The summed E-state index contributed by atoms with van der Waals surface area (Å²) in [5.74, 6) is 0.417. The van der Waals surface area contributed by atoms with Gasteiger partial charge in [-0.15, -0.1) is 10.2 Å². The van der Waals surface area contributed by atoms with Crippen molar-refractivity contribution in [2.24, 2.45) is 0 Å². The molecule has 8 heteroatoms. The molecule has 1 N–H and O–H groups in total. The number of piperidine rings is 1. The fourth-order valence-electron chi connectivity index (χ4n) is 4.46.